The Hall–Kier alpha value is -2.71. The molecule has 1 aliphatic heterocycles. The molecule has 1 fully saturated rings. The number of aromatic nitrogens is 4. The summed E-state index contributed by atoms with van der Waals surface area (Å²) < 4.78 is 5.39. The van der Waals surface area contributed by atoms with E-state index < -0.39 is 0 Å². The lowest BCUT2D eigenvalue weighted by Crippen LogP contribution is -2.41. The third-order valence-corrected chi connectivity index (χ3v) is 5.22. The van der Waals surface area contributed by atoms with Gasteiger partial charge < -0.3 is 25.7 Å². The van der Waals surface area contributed by atoms with E-state index in [0.29, 0.717) is 24.2 Å². The van der Waals surface area contributed by atoms with Gasteiger partial charge in [0.25, 0.3) is 0 Å². The Bertz CT molecular complexity index is 933. The maximum absolute atomic E-state index is 5.89. The molecule has 142 valence electrons. The lowest BCUT2D eigenvalue weighted by Gasteiger charge is -2.31. The van der Waals surface area contributed by atoms with Gasteiger partial charge in [-0.25, -0.2) is 9.97 Å². The van der Waals surface area contributed by atoms with E-state index in [1.807, 2.05) is 18.2 Å². The number of nitrogens with one attached hydrogen (secondary N) is 2. The molecule has 3 heterocycles. The molecular formula is C19H25N7O. The molecule has 2 aromatic heterocycles. The smallest absolute Gasteiger partial charge is 0.228 e. The summed E-state index contributed by atoms with van der Waals surface area (Å²) >= 11 is 0. The molecule has 0 radical (unpaired) electrons. The van der Waals surface area contributed by atoms with E-state index in [9.17, 15) is 0 Å². The highest BCUT2D eigenvalue weighted by Gasteiger charge is 2.22. The Labute approximate surface area is 158 Å². The van der Waals surface area contributed by atoms with Crippen molar-refractivity contribution in [3.63, 3.8) is 0 Å². The molecule has 0 atom stereocenters. The molecule has 27 heavy (non-hydrogen) atoms. The largest absolute Gasteiger partial charge is 0.496 e. The summed E-state index contributed by atoms with van der Waals surface area (Å²) in [6.45, 7) is 2.44. The van der Waals surface area contributed by atoms with Crippen molar-refractivity contribution in [1.82, 2.24) is 25.3 Å². The SMILES string of the molecule is COc1ccc(-c2nc(N(C)C3CCNCC3)nc3nc[nH]c23)cc1CN. The molecule has 0 saturated carbocycles. The topological polar surface area (TPSA) is 105 Å². The van der Waals surface area contributed by atoms with Crippen LogP contribution in [-0.4, -0.2) is 53.2 Å². The van der Waals surface area contributed by atoms with Crippen molar-refractivity contribution >= 4 is 17.1 Å². The van der Waals surface area contributed by atoms with E-state index in [1.165, 1.54) is 0 Å². The van der Waals surface area contributed by atoms with Crippen LogP contribution in [0.5, 0.6) is 5.75 Å². The Morgan fingerprint density at radius 1 is 1.26 bits per heavy atom. The number of methoxy groups -OCH3 is 1. The van der Waals surface area contributed by atoms with Crippen molar-refractivity contribution < 1.29 is 4.74 Å². The van der Waals surface area contributed by atoms with Crippen molar-refractivity contribution in [2.24, 2.45) is 5.73 Å². The van der Waals surface area contributed by atoms with Gasteiger partial charge >= 0.3 is 0 Å². The summed E-state index contributed by atoms with van der Waals surface area (Å²) in [6, 6.07) is 6.37. The van der Waals surface area contributed by atoms with Gasteiger partial charge in [-0.05, 0) is 44.1 Å². The van der Waals surface area contributed by atoms with Gasteiger partial charge in [-0.2, -0.15) is 4.98 Å². The lowest BCUT2D eigenvalue weighted by molar-refractivity contribution is 0.410. The zero-order valence-electron chi connectivity index (χ0n) is 15.7. The molecule has 0 spiro atoms. The molecular weight excluding hydrogens is 342 g/mol. The number of anilines is 1. The number of rotatable bonds is 5. The van der Waals surface area contributed by atoms with Gasteiger partial charge in [0.05, 0.1) is 13.4 Å². The average molecular weight is 367 g/mol. The van der Waals surface area contributed by atoms with Crippen molar-refractivity contribution in [3.05, 3.63) is 30.1 Å². The van der Waals surface area contributed by atoms with E-state index in [-0.39, 0.29) is 0 Å². The quantitative estimate of drug-likeness (QED) is 0.630. The monoisotopic (exact) mass is 367 g/mol. The second-order valence-corrected chi connectivity index (χ2v) is 6.80. The van der Waals surface area contributed by atoms with Crippen LogP contribution in [0.3, 0.4) is 0 Å². The molecule has 0 amide bonds. The number of fused-ring (bicyclic) bond motifs is 1. The first-order chi connectivity index (χ1) is 13.2. The third kappa shape index (κ3) is 3.33. The van der Waals surface area contributed by atoms with Gasteiger partial charge in [-0.3, -0.25) is 0 Å². The summed E-state index contributed by atoms with van der Waals surface area (Å²) in [5, 5.41) is 3.40. The highest BCUT2D eigenvalue weighted by atomic mass is 16.5. The van der Waals surface area contributed by atoms with Crippen LogP contribution in [0.15, 0.2) is 24.5 Å². The maximum Gasteiger partial charge on any atom is 0.228 e. The molecule has 0 bridgehead atoms. The number of ether oxygens (including phenoxy) is 1. The summed E-state index contributed by atoms with van der Waals surface area (Å²) in [5.41, 5.74) is 10.1. The second-order valence-electron chi connectivity index (χ2n) is 6.80. The fraction of sp³-hybridized carbons (Fsp3) is 0.421. The van der Waals surface area contributed by atoms with Crippen LogP contribution >= 0.6 is 0 Å². The third-order valence-electron chi connectivity index (χ3n) is 5.22. The van der Waals surface area contributed by atoms with E-state index in [0.717, 1.165) is 54.0 Å². The zero-order valence-corrected chi connectivity index (χ0v) is 15.7. The number of nitrogens with zero attached hydrogens (tertiary/aromatic N) is 4. The Kier molecular flexibility index (Phi) is 4.91. The zero-order chi connectivity index (χ0) is 18.8. The molecule has 8 heteroatoms. The van der Waals surface area contributed by atoms with Gasteiger partial charge in [0.1, 0.15) is 17.0 Å². The van der Waals surface area contributed by atoms with Gasteiger partial charge in [-0.15, -0.1) is 0 Å². The Morgan fingerprint density at radius 3 is 2.81 bits per heavy atom. The van der Waals surface area contributed by atoms with Crippen molar-refractivity contribution in [1.29, 1.82) is 0 Å². The average Bonchev–Trinajstić information content (AvgIpc) is 3.21. The molecule has 8 nitrogen and oxygen atoms in total. The van der Waals surface area contributed by atoms with Gasteiger partial charge in [0.15, 0.2) is 5.65 Å². The maximum atomic E-state index is 5.89. The fourth-order valence-electron chi connectivity index (χ4n) is 3.63. The summed E-state index contributed by atoms with van der Waals surface area (Å²) in [6.07, 6.45) is 3.81. The van der Waals surface area contributed by atoms with Crippen LogP contribution in [0.4, 0.5) is 5.95 Å². The minimum absolute atomic E-state index is 0.399. The van der Waals surface area contributed by atoms with Crippen molar-refractivity contribution in [2.45, 2.75) is 25.4 Å². The van der Waals surface area contributed by atoms with Gasteiger partial charge in [0, 0.05) is 30.8 Å². The first-order valence-corrected chi connectivity index (χ1v) is 9.23. The summed E-state index contributed by atoms with van der Waals surface area (Å²) in [4.78, 5) is 19.3. The van der Waals surface area contributed by atoms with E-state index in [2.05, 4.69) is 32.2 Å². The summed E-state index contributed by atoms with van der Waals surface area (Å²) in [7, 11) is 3.71. The van der Waals surface area contributed by atoms with Crippen molar-refractivity contribution in [3.8, 4) is 17.0 Å². The number of hydrogen-bond acceptors (Lipinski definition) is 7. The molecule has 1 saturated heterocycles. The predicted molar refractivity (Wildman–Crippen MR) is 106 cm³/mol. The Balaban J connectivity index is 1.79. The van der Waals surface area contributed by atoms with Crippen LogP contribution in [0.1, 0.15) is 18.4 Å². The number of H-pyrrole nitrogens is 1. The fourth-order valence-corrected chi connectivity index (χ4v) is 3.63. The number of benzene rings is 1. The molecule has 1 aromatic carbocycles. The number of piperidine rings is 1. The van der Waals surface area contributed by atoms with E-state index >= 15 is 0 Å². The molecule has 1 aliphatic rings. The first-order valence-electron chi connectivity index (χ1n) is 9.23. The number of imidazole rings is 1. The molecule has 3 aromatic rings. The molecule has 0 aliphatic carbocycles. The van der Waals surface area contributed by atoms with Crippen LogP contribution < -0.4 is 20.7 Å². The van der Waals surface area contributed by atoms with Crippen LogP contribution in [-0.2, 0) is 6.54 Å². The summed E-state index contributed by atoms with van der Waals surface area (Å²) in [5.74, 6) is 1.48. The van der Waals surface area contributed by atoms with Crippen LogP contribution in [0, 0.1) is 0 Å². The number of hydrogen-bond donors (Lipinski definition) is 3. The number of aromatic amines is 1. The molecule has 4 rings (SSSR count). The number of nitrogens with two attached hydrogens (primary N) is 1. The van der Waals surface area contributed by atoms with E-state index in [4.69, 9.17) is 15.5 Å². The van der Waals surface area contributed by atoms with Crippen LogP contribution in [0.25, 0.3) is 22.4 Å². The highest BCUT2D eigenvalue weighted by molar-refractivity contribution is 5.88. The van der Waals surface area contributed by atoms with E-state index in [1.54, 1.807) is 13.4 Å². The minimum Gasteiger partial charge on any atom is -0.496 e. The molecule has 4 N–H and O–H groups in total. The lowest BCUT2D eigenvalue weighted by atomic mass is 10.1. The standard InChI is InChI=1S/C19H25N7O/c1-26(14-5-7-21-8-6-14)19-24-16(17-18(25-19)23-11-22-17)12-3-4-15(27-2)13(9-12)10-20/h3-4,9,11,14,21H,5-8,10,20H2,1-2H3,(H,22,23,24,25). The molecule has 0 unspecified atom stereocenters. The van der Waals surface area contributed by atoms with Gasteiger partial charge in [0.2, 0.25) is 5.95 Å². The Morgan fingerprint density at radius 2 is 2.07 bits per heavy atom. The van der Waals surface area contributed by atoms with Crippen LogP contribution in [0.2, 0.25) is 0 Å². The van der Waals surface area contributed by atoms with Gasteiger partial charge in [-0.1, -0.05) is 0 Å². The van der Waals surface area contributed by atoms with Crippen molar-refractivity contribution in [2.75, 3.05) is 32.1 Å². The predicted octanol–water partition coefficient (Wildman–Crippen LogP) is 1.68. The second kappa shape index (κ2) is 7.50. The highest BCUT2D eigenvalue weighted by Crippen LogP contribution is 2.30. The minimum atomic E-state index is 0.399. The first kappa shape index (κ1) is 17.7. The normalized spacial score (nSPS) is 15.2.